The molecule has 0 aliphatic carbocycles. The molecule has 1 aromatic rings. The van der Waals surface area contributed by atoms with Crippen molar-refractivity contribution in [2.24, 2.45) is 11.8 Å². The van der Waals surface area contributed by atoms with Gasteiger partial charge in [-0.1, -0.05) is 32.0 Å². The molecule has 1 aliphatic heterocycles. The molecule has 2 rings (SSSR count). The number of carboxylic acids is 1. The molecule has 3 heteroatoms. The molecule has 98 valence electrons. The fourth-order valence-corrected chi connectivity index (χ4v) is 3.03. The number of aromatic carboxylic acids is 1. The van der Waals surface area contributed by atoms with Crippen LogP contribution in [0.2, 0.25) is 0 Å². The summed E-state index contributed by atoms with van der Waals surface area (Å²) in [7, 11) is 0. The molecular formula is C15H21NO2. The first-order valence-electron chi connectivity index (χ1n) is 6.60. The molecule has 3 nitrogen and oxygen atoms in total. The van der Waals surface area contributed by atoms with Crippen molar-refractivity contribution >= 4 is 5.97 Å². The predicted octanol–water partition coefficient (Wildman–Crippen LogP) is 2.86. The molecule has 2 atom stereocenters. The average molecular weight is 247 g/mol. The number of likely N-dealkylation sites (tertiary alicyclic amines) is 1. The molecule has 18 heavy (non-hydrogen) atoms. The highest BCUT2D eigenvalue weighted by Gasteiger charge is 2.22. The summed E-state index contributed by atoms with van der Waals surface area (Å²) in [4.78, 5) is 13.5. The Morgan fingerprint density at radius 2 is 1.89 bits per heavy atom. The Kier molecular flexibility index (Phi) is 4.02. The topological polar surface area (TPSA) is 40.5 Å². The molecule has 0 radical (unpaired) electrons. The second-order valence-electron chi connectivity index (χ2n) is 5.60. The molecule has 0 aromatic heterocycles. The van der Waals surface area contributed by atoms with Crippen LogP contribution in [0.15, 0.2) is 24.3 Å². The van der Waals surface area contributed by atoms with Crippen LogP contribution in [0.3, 0.4) is 0 Å². The summed E-state index contributed by atoms with van der Waals surface area (Å²) in [5, 5.41) is 9.18. The van der Waals surface area contributed by atoms with Crippen molar-refractivity contribution in [2.75, 3.05) is 13.1 Å². The molecule has 1 fully saturated rings. The minimum Gasteiger partial charge on any atom is -0.478 e. The zero-order valence-electron chi connectivity index (χ0n) is 11.1. The maximum atomic E-state index is 11.2. The number of rotatable bonds is 3. The minimum atomic E-state index is -0.830. The van der Waals surface area contributed by atoms with Gasteiger partial charge in [-0.3, -0.25) is 4.90 Å². The van der Waals surface area contributed by atoms with Gasteiger partial charge in [0.2, 0.25) is 0 Å². The largest absolute Gasteiger partial charge is 0.478 e. The molecule has 0 saturated carbocycles. The van der Waals surface area contributed by atoms with E-state index in [2.05, 4.69) is 18.7 Å². The highest BCUT2D eigenvalue weighted by molar-refractivity contribution is 5.89. The molecule has 0 bridgehead atoms. The summed E-state index contributed by atoms with van der Waals surface area (Å²) in [6.45, 7) is 7.42. The fraction of sp³-hybridized carbons (Fsp3) is 0.533. The Morgan fingerprint density at radius 1 is 1.28 bits per heavy atom. The molecular weight excluding hydrogens is 226 g/mol. The Morgan fingerprint density at radius 3 is 2.50 bits per heavy atom. The maximum absolute atomic E-state index is 11.2. The van der Waals surface area contributed by atoms with Crippen LogP contribution in [0.4, 0.5) is 0 Å². The molecule has 0 spiro atoms. The van der Waals surface area contributed by atoms with Crippen LogP contribution in [-0.2, 0) is 6.54 Å². The van der Waals surface area contributed by atoms with E-state index >= 15 is 0 Å². The highest BCUT2D eigenvalue weighted by Crippen LogP contribution is 2.23. The first-order chi connectivity index (χ1) is 8.56. The normalized spacial score (nSPS) is 25.0. The van der Waals surface area contributed by atoms with Gasteiger partial charge in [0.05, 0.1) is 5.56 Å². The number of nitrogens with zero attached hydrogens (tertiary/aromatic N) is 1. The lowest BCUT2D eigenvalue weighted by atomic mass is 9.91. The van der Waals surface area contributed by atoms with Gasteiger partial charge in [-0.15, -0.1) is 0 Å². The van der Waals surface area contributed by atoms with Crippen LogP contribution in [-0.4, -0.2) is 29.1 Å². The van der Waals surface area contributed by atoms with Crippen molar-refractivity contribution in [2.45, 2.75) is 26.8 Å². The van der Waals surface area contributed by atoms with E-state index in [1.54, 1.807) is 12.1 Å². The van der Waals surface area contributed by atoms with E-state index < -0.39 is 5.97 Å². The van der Waals surface area contributed by atoms with Crippen LogP contribution < -0.4 is 0 Å². The van der Waals surface area contributed by atoms with E-state index in [1.165, 1.54) is 6.42 Å². The number of piperidine rings is 1. The molecule has 1 heterocycles. The van der Waals surface area contributed by atoms with Gasteiger partial charge in [0.15, 0.2) is 0 Å². The second-order valence-corrected chi connectivity index (χ2v) is 5.60. The van der Waals surface area contributed by atoms with Gasteiger partial charge >= 0.3 is 5.97 Å². The SMILES string of the molecule is C[C@@H]1C[C@@H](C)CN(Cc2ccccc2C(=O)O)C1. The minimum absolute atomic E-state index is 0.434. The Labute approximate surface area is 108 Å². The Bertz CT molecular complexity index is 420. The molecule has 1 N–H and O–H groups in total. The summed E-state index contributed by atoms with van der Waals surface area (Å²) >= 11 is 0. The van der Waals surface area contributed by atoms with E-state index in [9.17, 15) is 9.90 Å². The van der Waals surface area contributed by atoms with Crippen molar-refractivity contribution < 1.29 is 9.90 Å². The van der Waals surface area contributed by atoms with Crippen LogP contribution in [0.5, 0.6) is 0 Å². The zero-order chi connectivity index (χ0) is 13.1. The molecule has 0 unspecified atom stereocenters. The van der Waals surface area contributed by atoms with E-state index in [0.717, 1.165) is 25.2 Å². The first-order valence-corrected chi connectivity index (χ1v) is 6.60. The van der Waals surface area contributed by atoms with Gasteiger partial charge in [-0.25, -0.2) is 4.79 Å². The first kappa shape index (κ1) is 13.1. The number of hydrogen-bond donors (Lipinski definition) is 1. The third-order valence-corrected chi connectivity index (χ3v) is 3.59. The molecule has 1 saturated heterocycles. The predicted molar refractivity (Wildman–Crippen MR) is 71.6 cm³/mol. The standard InChI is InChI=1S/C15H21NO2/c1-11-7-12(2)9-16(8-11)10-13-5-3-4-6-14(13)15(17)18/h3-6,11-12H,7-10H2,1-2H3,(H,17,18)/t11-,12-/m1/s1. The van der Waals surface area contributed by atoms with Gasteiger partial charge < -0.3 is 5.11 Å². The Hall–Kier alpha value is -1.35. The summed E-state index contributed by atoms with van der Waals surface area (Å²) in [6.07, 6.45) is 1.27. The zero-order valence-corrected chi connectivity index (χ0v) is 11.1. The number of carbonyl (C=O) groups is 1. The van der Waals surface area contributed by atoms with Gasteiger partial charge in [0.1, 0.15) is 0 Å². The molecule has 0 amide bonds. The van der Waals surface area contributed by atoms with E-state index in [0.29, 0.717) is 17.4 Å². The van der Waals surface area contributed by atoms with Crippen molar-refractivity contribution in [3.8, 4) is 0 Å². The van der Waals surface area contributed by atoms with Crippen LogP contribution in [0, 0.1) is 11.8 Å². The van der Waals surface area contributed by atoms with Crippen molar-refractivity contribution in [1.29, 1.82) is 0 Å². The molecule has 1 aliphatic rings. The third kappa shape index (κ3) is 3.10. The monoisotopic (exact) mass is 247 g/mol. The smallest absolute Gasteiger partial charge is 0.336 e. The van der Waals surface area contributed by atoms with E-state index in [4.69, 9.17) is 0 Å². The maximum Gasteiger partial charge on any atom is 0.336 e. The van der Waals surface area contributed by atoms with Crippen molar-refractivity contribution in [1.82, 2.24) is 4.90 Å². The van der Waals surface area contributed by atoms with E-state index in [1.807, 2.05) is 12.1 Å². The summed E-state index contributed by atoms with van der Waals surface area (Å²) < 4.78 is 0. The molecule has 1 aromatic carbocycles. The lowest BCUT2D eigenvalue weighted by Gasteiger charge is -2.35. The van der Waals surface area contributed by atoms with Crippen LogP contribution in [0.1, 0.15) is 36.2 Å². The van der Waals surface area contributed by atoms with Crippen molar-refractivity contribution in [3.05, 3.63) is 35.4 Å². The average Bonchev–Trinajstić information content (AvgIpc) is 2.27. The Balaban J connectivity index is 2.11. The lowest BCUT2D eigenvalue weighted by Crippen LogP contribution is -2.38. The van der Waals surface area contributed by atoms with Crippen LogP contribution >= 0.6 is 0 Å². The third-order valence-electron chi connectivity index (χ3n) is 3.59. The van der Waals surface area contributed by atoms with Gasteiger partial charge in [-0.05, 0) is 29.9 Å². The van der Waals surface area contributed by atoms with Gasteiger partial charge in [-0.2, -0.15) is 0 Å². The summed E-state index contributed by atoms with van der Waals surface area (Å²) in [6, 6.07) is 7.31. The van der Waals surface area contributed by atoms with Gasteiger partial charge in [0, 0.05) is 19.6 Å². The van der Waals surface area contributed by atoms with Gasteiger partial charge in [0.25, 0.3) is 0 Å². The fourth-order valence-electron chi connectivity index (χ4n) is 3.03. The van der Waals surface area contributed by atoms with Crippen LogP contribution in [0.25, 0.3) is 0 Å². The van der Waals surface area contributed by atoms with Crippen molar-refractivity contribution in [3.63, 3.8) is 0 Å². The highest BCUT2D eigenvalue weighted by atomic mass is 16.4. The second kappa shape index (κ2) is 5.53. The lowest BCUT2D eigenvalue weighted by molar-refractivity contribution is 0.0693. The number of carboxylic acid groups (broad SMARTS) is 1. The number of benzene rings is 1. The quantitative estimate of drug-likeness (QED) is 0.893. The summed E-state index contributed by atoms with van der Waals surface area (Å²) in [5.74, 6) is 0.570. The van der Waals surface area contributed by atoms with E-state index in [-0.39, 0.29) is 0 Å². The summed E-state index contributed by atoms with van der Waals surface area (Å²) in [5.41, 5.74) is 1.36. The number of hydrogen-bond acceptors (Lipinski definition) is 2.